The summed E-state index contributed by atoms with van der Waals surface area (Å²) < 4.78 is 0. The van der Waals surface area contributed by atoms with Gasteiger partial charge in [0, 0.05) is 0 Å². The first kappa shape index (κ1) is 4.86. The fraction of sp³-hybridized carbons (Fsp3) is 1.00. The molecule has 0 unspecified atom stereocenters. The van der Waals surface area contributed by atoms with Crippen LogP contribution < -0.4 is 0 Å². The van der Waals surface area contributed by atoms with Crippen molar-refractivity contribution >= 4 is 0 Å². The van der Waals surface area contributed by atoms with E-state index in [4.69, 9.17) is 0 Å². The monoisotopic (exact) mass is 148 g/mol. The predicted octanol–water partition coefficient (Wildman–Crippen LogP) is 0.735. The van der Waals surface area contributed by atoms with Crippen molar-refractivity contribution in [2.45, 2.75) is 12.5 Å². The molecule has 9 atom stereocenters. The average molecular weight is 148 g/mol. The summed E-state index contributed by atoms with van der Waals surface area (Å²) in [5, 5.41) is 9.92. The van der Waals surface area contributed by atoms with Crippen LogP contribution in [0.3, 0.4) is 0 Å². The first-order valence-electron chi connectivity index (χ1n) is 5.07. The number of aliphatic hydroxyl groups is 1. The number of hydrogen-bond donors (Lipinski definition) is 1. The van der Waals surface area contributed by atoms with Gasteiger partial charge in [-0.3, -0.25) is 0 Å². The highest BCUT2D eigenvalue weighted by molar-refractivity contribution is 5.33. The van der Waals surface area contributed by atoms with Crippen LogP contribution >= 0.6 is 0 Å². The normalized spacial score (nSPS) is 90.8. The van der Waals surface area contributed by atoms with E-state index in [0.29, 0.717) is 0 Å². The summed E-state index contributed by atoms with van der Waals surface area (Å²) in [5.74, 6) is 7.91. The summed E-state index contributed by atoms with van der Waals surface area (Å²) in [5.41, 5.74) is 0. The largest absolute Gasteiger partial charge is 0.393 e. The van der Waals surface area contributed by atoms with Crippen molar-refractivity contribution in [3.05, 3.63) is 0 Å². The maximum absolute atomic E-state index is 9.92. The molecule has 6 rings (SSSR count). The lowest BCUT2D eigenvalue weighted by Gasteiger charge is -2.63. The van der Waals surface area contributed by atoms with Crippen LogP contribution in [0.4, 0.5) is 0 Å². The van der Waals surface area contributed by atoms with Gasteiger partial charge in [0.1, 0.15) is 0 Å². The van der Waals surface area contributed by atoms with Crippen LogP contribution in [0, 0.1) is 47.3 Å². The third-order valence-corrected chi connectivity index (χ3v) is 5.98. The van der Waals surface area contributed by atoms with Crippen LogP contribution in [0.5, 0.6) is 0 Å². The zero-order chi connectivity index (χ0) is 6.90. The summed E-state index contributed by atoms with van der Waals surface area (Å²) in [6.45, 7) is 0. The fourth-order valence-electron chi connectivity index (χ4n) is 6.15. The standard InChI is InChI=1S/C10H12O/c11-10-7-3-1-2-4-5(3)9(10)8(4)6(2)7/h2-11H,1H2/t2-,3-,4+,5+,6-,7-,8-,9-,10-/m1/s1. The number of hydrogen-bond acceptors (Lipinski definition) is 1. The summed E-state index contributed by atoms with van der Waals surface area (Å²) in [7, 11) is 0. The molecule has 0 aromatic carbocycles. The lowest BCUT2D eigenvalue weighted by molar-refractivity contribution is -0.172. The molecule has 6 aliphatic rings. The molecule has 4 bridgehead atoms. The molecule has 6 aliphatic carbocycles. The Labute approximate surface area is 65.8 Å². The highest BCUT2D eigenvalue weighted by Crippen LogP contribution is 2.88. The van der Waals surface area contributed by atoms with Gasteiger partial charge in [-0.25, -0.2) is 0 Å². The summed E-state index contributed by atoms with van der Waals surface area (Å²) in [4.78, 5) is 0. The van der Waals surface area contributed by atoms with E-state index in [2.05, 4.69) is 0 Å². The van der Waals surface area contributed by atoms with E-state index in [1.165, 1.54) is 6.42 Å². The minimum Gasteiger partial charge on any atom is -0.393 e. The summed E-state index contributed by atoms with van der Waals surface area (Å²) >= 11 is 0. The zero-order valence-electron chi connectivity index (χ0n) is 6.35. The second kappa shape index (κ2) is 1.02. The van der Waals surface area contributed by atoms with Gasteiger partial charge in [-0.1, -0.05) is 0 Å². The fourth-order valence-corrected chi connectivity index (χ4v) is 6.15. The van der Waals surface area contributed by atoms with E-state index in [-0.39, 0.29) is 6.10 Å². The second-order valence-corrected chi connectivity index (χ2v) is 5.52. The maximum atomic E-state index is 9.92. The molecule has 0 aliphatic heterocycles. The molecule has 6 fully saturated rings. The van der Waals surface area contributed by atoms with E-state index in [9.17, 15) is 5.11 Å². The molecule has 58 valence electrons. The first-order valence-corrected chi connectivity index (χ1v) is 5.07. The van der Waals surface area contributed by atoms with Crippen molar-refractivity contribution in [1.29, 1.82) is 0 Å². The highest BCUT2D eigenvalue weighted by atomic mass is 16.3. The summed E-state index contributed by atoms with van der Waals surface area (Å²) in [6.07, 6.45) is 1.66. The topological polar surface area (TPSA) is 20.2 Å². The average Bonchev–Trinajstić information content (AvgIpc) is 2.40. The molecule has 0 amide bonds. The Hall–Kier alpha value is -0.0400. The second-order valence-electron chi connectivity index (χ2n) is 5.52. The molecule has 1 nitrogen and oxygen atoms in total. The first-order chi connectivity index (χ1) is 5.39. The molecule has 1 heteroatoms. The quantitative estimate of drug-likeness (QED) is 0.537. The summed E-state index contributed by atoms with van der Waals surface area (Å²) in [6, 6.07) is 0. The Morgan fingerprint density at radius 1 is 0.727 bits per heavy atom. The van der Waals surface area contributed by atoms with E-state index in [1.54, 1.807) is 0 Å². The van der Waals surface area contributed by atoms with Gasteiger partial charge >= 0.3 is 0 Å². The third-order valence-electron chi connectivity index (χ3n) is 5.98. The van der Waals surface area contributed by atoms with Gasteiger partial charge in [-0.2, -0.15) is 0 Å². The molecule has 0 saturated heterocycles. The zero-order valence-corrected chi connectivity index (χ0v) is 6.35. The van der Waals surface area contributed by atoms with Crippen LogP contribution in [0.15, 0.2) is 0 Å². The molecule has 0 spiro atoms. The van der Waals surface area contributed by atoms with Gasteiger partial charge in [-0.05, 0) is 53.8 Å². The molecule has 1 N–H and O–H groups in total. The molecular weight excluding hydrogens is 136 g/mol. The van der Waals surface area contributed by atoms with Crippen LogP contribution in [0.2, 0.25) is 0 Å². The van der Waals surface area contributed by atoms with Crippen LogP contribution in [-0.4, -0.2) is 11.2 Å². The van der Waals surface area contributed by atoms with Gasteiger partial charge in [0.05, 0.1) is 6.10 Å². The smallest absolute Gasteiger partial charge is 0.0607 e. The maximum Gasteiger partial charge on any atom is 0.0607 e. The van der Waals surface area contributed by atoms with Crippen molar-refractivity contribution in [3.63, 3.8) is 0 Å². The molecule has 0 aromatic rings. The minimum atomic E-state index is 0.156. The molecule has 0 aromatic heterocycles. The Balaban J connectivity index is 1.88. The highest BCUT2D eigenvalue weighted by Gasteiger charge is 2.86. The van der Waals surface area contributed by atoms with E-state index in [1.807, 2.05) is 0 Å². The van der Waals surface area contributed by atoms with Gasteiger partial charge < -0.3 is 5.11 Å². The van der Waals surface area contributed by atoms with Crippen LogP contribution in [0.25, 0.3) is 0 Å². The Morgan fingerprint density at radius 2 is 1.36 bits per heavy atom. The molecule has 0 radical (unpaired) electrons. The Bertz CT molecular complexity index is 264. The lowest BCUT2D eigenvalue weighted by Crippen LogP contribution is -2.60. The van der Waals surface area contributed by atoms with Crippen LogP contribution in [-0.2, 0) is 0 Å². The van der Waals surface area contributed by atoms with Crippen molar-refractivity contribution in [3.8, 4) is 0 Å². The Kier molecular flexibility index (Phi) is 0.452. The predicted molar refractivity (Wildman–Crippen MR) is 38.5 cm³/mol. The molecule has 6 saturated carbocycles. The molecular formula is C10H12O. The van der Waals surface area contributed by atoms with E-state index < -0.39 is 0 Å². The number of aliphatic hydroxyl groups excluding tert-OH is 1. The van der Waals surface area contributed by atoms with E-state index in [0.717, 1.165) is 47.3 Å². The van der Waals surface area contributed by atoms with E-state index >= 15 is 0 Å². The van der Waals surface area contributed by atoms with Crippen LogP contribution in [0.1, 0.15) is 6.42 Å². The Morgan fingerprint density at radius 3 is 2.00 bits per heavy atom. The lowest BCUT2D eigenvalue weighted by atomic mass is 9.41. The van der Waals surface area contributed by atoms with Gasteiger partial charge in [0.25, 0.3) is 0 Å². The minimum absolute atomic E-state index is 0.156. The van der Waals surface area contributed by atoms with Gasteiger partial charge in [0.2, 0.25) is 0 Å². The van der Waals surface area contributed by atoms with Gasteiger partial charge in [-0.15, -0.1) is 0 Å². The number of rotatable bonds is 0. The van der Waals surface area contributed by atoms with Gasteiger partial charge in [0.15, 0.2) is 0 Å². The molecule has 0 heterocycles. The van der Waals surface area contributed by atoms with Crippen molar-refractivity contribution < 1.29 is 5.11 Å². The SMILES string of the molecule is O[C@H]1[C@@H]2[C@H]3[C@H]4C[C@@H]5[C@@H]3[C@@H]2[C@H]5[C@H]14. The van der Waals surface area contributed by atoms with Crippen molar-refractivity contribution in [1.82, 2.24) is 0 Å². The molecule has 11 heavy (non-hydrogen) atoms. The third kappa shape index (κ3) is 0.234. The van der Waals surface area contributed by atoms with Crippen molar-refractivity contribution in [2.24, 2.45) is 47.3 Å². The van der Waals surface area contributed by atoms with Crippen molar-refractivity contribution in [2.75, 3.05) is 0 Å².